The molecule has 4 atom stereocenters. The van der Waals surface area contributed by atoms with Crippen molar-refractivity contribution in [1.29, 1.82) is 0 Å². The number of nitrogens with zero attached hydrogens (tertiary/aromatic N) is 3. The number of anilines is 1. The molecule has 32 heavy (non-hydrogen) atoms. The number of carbonyl (C=O) groups is 1. The lowest BCUT2D eigenvalue weighted by molar-refractivity contribution is -0.141. The van der Waals surface area contributed by atoms with E-state index in [4.69, 9.17) is 4.74 Å². The number of para-hydroxylation sites is 1. The van der Waals surface area contributed by atoms with Crippen molar-refractivity contribution in [3.63, 3.8) is 0 Å². The molecule has 0 bridgehead atoms. The summed E-state index contributed by atoms with van der Waals surface area (Å²) in [6, 6.07) is 6.12. The lowest BCUT2D eigenvalue weighted by atomic mass is 9.98. The number of hydrogen-bond acceptors (Lipinski definition) is 8. The van der Waals surface area contributed by atoms with E-state index in [1.807, 2.05) is 0 Å². The van der Waals surface area contributed by atoms with Gasteiger partial charge in [-0.15, -0.1) is 0 Å². The summed E-state index contributed by atoms with van der Waals surface area (Å²) in [5, 5.41) is 33.3. The zero-order valence-corrected chi connectivity index (χ0v) is 16.4. The van der Waals surface area contributed by atoms with E-state index >= 15 is 0 Å². The molecule has 4 rings (SSSR count). The molecular weight excluding hydrogens is 433 g/mol. The zero-order chi connectivity index (χ0) is 22.9. The van der Waals surface area contributed by atoms with Gasteiger partial charge in [0.25, 0.3) is 5.91 Å². The van der Waals surface area contributed by atoms with Gasteiger partial charge in [0.2, 0.25) is 0 Å². The minimum atomic E-state index is -4.67. The number of aliphatic hydroxyl groups is 2. The lowest BCUT2D eigenvalue weighted by Gasteiger charge is -2.38. The normalized spacial score (nSPS) is 23.8. The van der Waals surface area contributed by atoms with E-state index in [1.54, 1.807) is 24.3 Å². The molecule has 1 aliphatic rings. The number of benzene rings is 1. The van der Waals surface area contributed by atoms with E-state index in [0.717, 1.165) is 6.20 Å². The average molecular weight is 452 g/mol. The van der Waals surface area contributed by atoms with Crippen LogP contribution in [0, 0.1) is 0 Å². The number of aliphatic hydroxyl groups excluding tert-OH is 2. The Labute approximate surface area is 178 Å². The van der Waals surface area contributed by atoms with Crippen LogP contribution in [-0.2, 0) is 10.9 Å². The predicted molar refractivity (Wildman–Crippen MR) is 105 cm³/mol. The summed E-state index contributed by atoms with van der Waals surface area (Å²) in [4.78, 5) is 19.4. The van der Waals surface area contributed by atoms with Crippen LogP contribution in [0.4, 0.5) is 19.0 Å². The van der Waals surface area contributed by atoms with Crippen molar-refractivity contribution in [2.75, 3.05) is 18.5 Å². The van der Waals surface area contributed by atoms with Crippen molar-refractivity contribution in [2.24, 2.45) is 0 Å². The Morgan fingerprint density at radius 2 is 2.00 bits per heavy atom. The summed E-state index contributed by atoms with van der Waals surface area (Å²) in [5.41, 5.74) is -0.330. The minimum absolute atomic E-state index is 0.117. The Morgan fingerprint density at radius 1 is 1.22 bits per heavy atom. The molecule has 1 saturated heterocycles. The van der Waals surface area contributed by atoms with Crippen molar-refractivity contribution in [3.05, 3.63) is 48.0 Å². The summed E-state index contributed by atoms with van der Waals surface area (Å²) in [6.07, 6.45) is -6.78. The molecule has 1 aromatic carbocycles. The lowest BCUT2D eigenvalue weighted by Crippen LogP contribution is -2.58. The number of aromatic amines is 1. The zero-order valence-electron chi connectivity index (χ0n) is 16.4. The number of rotatable bonds is 5. The summed E-state index contributed by atoms with van der Waals surface area (Å²) in [7, 11) is 0. The summed E-state index contributed by atoms with van der Waals surface area (Å²) in [6.45, 7) is -0.268. The molecule has 1 aliphatic heterocycles. The van der Waals surface area contributed by atoms with E-state index in [1.165, 1.54) is 0 Å². The number of amides is 1. The number of carbonyl (C=O) groups excluding carboxylic acids is 1. The van der Waals surface area contributed by atoms with Gasteiger partial charge < -0.3 is 25.6 Å². The first kappa shape index (κ1) is 21.9. The number of alkyl halides is 3. The van der Waals surface area contributed by atoms with E-state index in [-0.39, 0.29) is 24.7 Å². The molecule has 5 N–H and O–H groups in total. The molecule has 10 nitrogen and oxygen atoms in total. The van der Waals surface area contributed by atoms with Crippen LogP contribution in [0.3, 0.4) is 0 Å². The summed E-state index contributed by atoms with van der Waals surface area (Å²) >= 11 is 0. The molecule has 1 amide bonds. The highest BCUT2D eigenvalue weighted by Crippen LogP contribution is 2.28. The second-order valence-electron chi connectivity index (χ2n) is 7.22. The van der Waals surface area contributed by atoms with Crippen LogP contribution in [0.2, 0.25) is 0 Å². The molecule has 0 radical (unpaired) electrons. The van der Waals surface area contributed by atoms with Crippen LogP contribution in [0.15, 0.2) is 36.7 Å². The van der Waals surface area contributed by atoms with Gasteiger partial charge in [-0.1, -0.05) is 18.2 Å². The number of nitrogens with one attached hydrogen (secondary N) is 3. The molecule has 0 unspecified atom stereocenters. The van der Waals surface area contributed by atoms with Crippen LogP contribution in [0.5, 0.6) is 0 Å². The molecule has 0 saturated carbocycles. The molecule has 3 aromatic rings. The first-order valence-electron chi connectivity index (χ1n) is 9.59. The topological polar surface area (TPSA) is 145 Å². The van der Waals surface area contributed by atoms with Crippen LogP contribution >= 0.6 is 0 Å². The molecule has 3 heterocycles. The molecule has 170 valence electrons. The summed E-state index contributed by atoms with van der Waals surface area (Å²) in [5.74, 6) is -0.718. The molecule has 1 fully saturated rings. The monoisotopic (exact) mass is 452 g/mol. The van der Waals surface area contributed by atoms with Gasteiger partial charge >= 0.3 is 6.18 Å². The van der Waals surface area contributed by atoms with Crippen molar-refractivity contribution in [1.82, 2.24) is 25.5 Å². The third-order valence-corrected chi connectivity index (χ3v) is 5.04. The fourth-order valence-corrected chi connectivity index (χ4v) is 3.36. The van der Waals surface area contributed by atoms with Gasteiger partial charge in [-0.25, -0.2) is 4.98 Å². The number of halogens is 3. The van der Waals surface area contributed by atoms with E-state index in [9.17, 15) is 28.2 Å². The standard InChI is InChI=1S/C19H19F3N6O4/c20-19(21,22)13-6-23-7-14(26-13)25-11-8-32-12(17(30)16(11)29)5-24-18(31)15-9-3-1-2-4-10(9)27-28-15/h1-4,6-7,11-12,16-17,29-30H,5,8H2,(H,24,31)(H,25,26)(H,27,28)/t11-,12+,16+,17-/m0/s1. The van der Waals surface area contributed by atoms with E-state index < -0.39 is 42.1 Å². The van der Waals surface area contributed by atoms with Crippen LogP contribution in [-0.4, -0.2) is 73.8 Å². The fourth-order valence-electron chi connectivity index (χ4n) is 3.36. The van der Waals surface area contributed by atoms with Crippen molar-refractivity contribution in [3.8, 4) is 0 Å². The maximum Gasteiger partial charge on any atom is 0.434 e. The van der Waals surface area contributed by atoms with Crippen molar-refractivity contribution in [2.45, 2.75) is 30.5 Å². The number of hydrogen-bond donors (Lipinski definition) is 5. The van der Waals surface area contributed by atoms with Crippen molar-refractivity contribution < 1.29 is 32.9 Å². The fraction of sp³-hybridized carbons (Fsp3) is 0.368. The number of ether oxygens (including phenoxy) is 1. The third kappa shape index (κ3) is 4.49. The highest BCUT2D eigenvalue weighted by molar-refractivity contribution is 6.04. The average Bonchev–Trinajstić information content (AvgIpc) is 3.20. The number of aromatic nitrogens is 4. The maximum atomic E-state index is 12.8. The van der Waals surface area contributed by atoms with Crippen molar-refractivity contribution >= 4 is 22.6 Å². The Hall–Kier alpha value is -3.29. The SMILES string of the molecule is O=C(NC[C@H]1OC[C@H](Nc2cncc(C(F)(F)F)n2)[C@@H](O)[C@H]1O)c1n[nH]c2ccccc12. The molecular formula is C19H19F3N6O4. The Balaban J connectivity index is 1.35. The molecule has 0 spiro atoms. The first-order valence-corrected chi connectivity index (χ1v) is 9.59. The quantitative estimate of drug-likeness (QED) is 0.381. The predicted octanol–water partition coefficient (Wildman–Crippen LogP) is 0.703. The highest BCUT2D eigenvalue weighted by atomic mass is 19.4. The minimum Gasteiger partial charge on any atom is -0.388 e. The third-order valence-electron chi connectivity index (χ3n) is 5.04. The largest absolute Gasteiger partial charge is 0.434 e. The Bertz CT molecular complexity index is 1110. The second-order valence-corrected chi connectivity index (χ2v) is 7.22. The second kappa shape index (κ2) is 8.68. The van der Waals surface area contributed by atoms with Gasteiger partial charge in [-0.05, 0) is 6.07 Å². The Morgan fingerprint density at radius 3 is 2.78 bits per heavy atom. The van der Waals surface area contributed by atoms with E-state index in [2.05, 4.69) is 30.8 Å². The summed E-state index contributed by atoms with van der Waals surface area (Å²) < 4.78 is 43.9. The Kier molecular flexibility index (Phi) is 5.95. The van der Waals surface area contributed by atoms with Gasteiger partial charge in [0.15, 0.2) is 11.4 Å². The smallest absolute Gasteiger partial charge is 0.388 e. The maximum absolute atomic E-state index is 12.8. The molecule has 13 heteroatoms. The highest BCUT2D eigenvalue weighted by Gasteiger charge is 2.39. The van der Waals surface area contributed by atoms with Crippen LogP contribution < -0.4 is 10.6 Å². The van der Waals surface area contributed by atoms with Gasteiger partial charge in [0.05, 0.1) is 30.6 Å². The molecule has 2 aromatic heterocycles. The number of H-pyrrole nitrogens is 1. The van der Waals surface area contributed by atoms with Gasteiger partial charge in [-0.3, -0.25) is 14.9 Å². The van der Waals surface area contributed by atoms with Gasteiger partial charge in [0.1, 0.15) is 24.1 Å². The first-order chi connectivity index (χ1) is 15.2. The van der Waals surface area contributed by atoms with Gasteiger partial charge in [0, 0.05) is 11.9 Å². The molecule has 0 aliphatic carbocycles. The van der Waals surface area contributed by atoms with Crippen LogP contribution in [0.25, 0.3) is 10.9 Å². The van der Waals surface area contributed by atoms with Crippen LogP contribution in [0.1, 0.15) is 16.2 Å². The number of fused-ring (bicyclic) bond motifs is 1. The van der Waals surface area contributed by atoms with E-state index in [0.29, 0.717) is 17.1 Å². The van der Waals surface area contributed by atoms with Gasteiger partial charge in [-0.2, -0.15) is 18.3 Å².